The molecule has 1 aromatic carbocycles. The number of aromatic carboxylic acids is 1. The van der Waals surface area contributed by atoms with Gasteiger partial charge in [0.25, 0.3) is 0 Å². The summed E-state index contributed by atoms with van der Waals surface area (Å²) < 4.78 is 2.26. The van der Waals surface area contributed by atoms with Crippen LogP contribution in [0.3, 0.4) is 0 Å². The Morgan fingerprint density at radius 1 is 1.32 bits per heavy atom. The number of carboxylic acids is 1. The van der Waals surface area contributed by atoms with Crippen molar-refractivity contribution in [3.05, 3.63) is 40.0 Å². The maximum Gasteiger partial charge on any atom is 0.357 e. The average molecular weight is 323 g/mol. The van der Waals surface area contributed by atoms with Crippen LogP contribution in [0.15, 0.2) is 28.7 Å². The number of hydrogen-bond donors (Lipinski definition) is 1. The zero-order valence-corrected chi connectivity index (χ0v) is 12.6. The van der Waals surface area contributed by atoms with Gasteiger partial charge in [0, 0.05) is 11.6 Å². The Balaban J connectivity index is 2.67. The molecule has 4 nitrogen and oxygen atoms in total. The van der Waals surface area contributed by atoms with Gasteiger partial charge in [0.05, 0.1) is 10.2 Å². The van der Waals surface area contributed by atoms with Gasteiger partial charge in [0.2, 0.25) is 0 Å². The van der Waals surface area contributed by atoms with E-state index in [4.69, 9.17) is 0 Å². The molecule has 1 aromatic heterocycles. The molecule has 0 saturated heterocycles. The van der Waals surface area contributed by atoms with Crippen LogP contribution in [-0.4, -0.2) is 20.9 Å². The minimum atomic E-state index is -1.03. The van der Waals surface area contributed by atoms with Crippen molar-refractivity contribution in [2.24, 2.45) is 0 Å². The summed E-state index contributed by atoms with van der Waals surface area (Å²) >= 11 is 3.36. The summed E-state index contributed by atoms with van der Waals surface area (Å²) in [6.45, 7) is 5.97. The molecule has 1 heterocycles. The van der Waals surface area contributed by atoms with E-state index >= 15 is 0 Å². The summed E-state index contributed by atoms with van der Waals surface area (Å²) in [5, 5.41) is 13.3. The Labute approximate surface area is 120 Å². The number of benzene rings is 1. The lowest BCUT2D eigenvalue weighted by Crippen LogP contribution is -2.06. The number of carbonyl (C=O) groups is 1. The number of hydrogen-bond acceptors (Lipinski definition) is 2. The van der Waals surface area contributed by atoms with E-state index in [0.717, 1.165) is 16.8 Å². The quantitative estimate of drug-likeness (QED) is 0.932. The molecule has 2 rings (SSSR count). The third kappa shape index (κ3) is 2.56. The lowest BCUT2D eigenvalue weighted by molar-refractivity contribution is 0.0688. The van der Waals surface area contributed by atoms with E-state index in [1.165, 1.54) is 0 Å². The Kier molecular flexibility index (Phi) is 3.75. The average Bonchev–Trinajstić information content (AvgIpc) is 2.68. The zero-order valence-electron chi connectivity index (χ0n) is 11.0. The Morgan fingerprint density at radius 3 is 2.37 bits per heavy atom. The van der Waals surface area contributed by atoms with Gasteiger partial charge in [-0.05, 0) is 36.7 Å². The number of rotatable bonds is 3. The highest BCUT2D eigenvalue weighted by Gasteiger charge is 2.22. The van der Waals surface area contributed by atoms with Crippen LogP contribution >= 0.6 is 15.9 Å². The van der Waals surface area contributed by atoms with Crippen LogP contribution < -0.4 is 0 Å². The molecule has 0 aliphatic rings. The van der Waals surface area contributed by atoms with Crippen molar-refractivity contribution in [2.75, 3.05) is 0 Å². The predicted molar refractivity (Wildman–Crippen MR) is 77.4 cm³/mol. The van der Waals surface area contributed by atoms with E-state index in [-0.39, 0.29) is 11.7 Å². The molecule has 19 heavy (non-hydrogen) atoms. The largest absolute Gasteiger partial charge is 0.476 e. The molecule has 100 valence electrons. The Morgan fingerprint density at radius 2 is 1.89 bits per heavy atom. The van der Waals surface area contributed by atoms with Crippen LogP contribution in [0.5, 0.6) is 0 Å². The first-order chi connectivity index (χ1) is 8.91. The van der Waals surface area contributed by atoms with Gasteiger partial charge >= 0.3 is 5.97 Å². The van der Waals surface area contributed by atoms with E-state index in [1.54, 1.807) is 4.68 Å². The Hall–Kier alpha value is -1.62. The first-order valence-electron chi connectivity index (χ1n) is 6.00. The van der Waals surface area contributed by atoms with Gasteiger partial charge in [0.15, 0.2) is 5.69 Å². The zero-order chi connectivity index (χ0) is 14.2. The fourth-order valence-corrected chi connectivity index (χ4v) is 2.55. The number of halogens is 1. The van der Waals surface area contributed by atoms with Gasteiger partial charge in [-0.1, -0.05) is 29.8 Å². The van der Waals surface area contributed by atoms with E-state index in [0.29, 0.717) is 4.47 Å². The van der Waals surface area contributed by atoms with Crippen LogP contribution in [-0.2, 0) is 0 Å². The molecule has 0 aliphatic heterocycles. The van der Waals surface area contributed by atoms with Gasteiger partial charge in [-0.3, -0.25) is 4.68 Å². The van der Waals surface area contributed by atoms with Crippen LogP contribution in [0.4, 0.5) is 0 Å². The summed E-state index contributed by atoms with van der Waals surface area (Å²) in [6.07, 6.45) is 0. The fourth-order valence-electron chi connectivity index (χ4n) is 1.90. The van der Waals surface area contributed by atoms with E-state index in [9.17, 15) is 9.90 Å². The van der Waals surface area contributed by atoms with E-state index < -0.39 is 5.97 Å². The maximum absolute atomic E-state index is 11.2. The van der Waals surface area contributed by atoms with Gasteiger partial charge in [0.1, 0.15) is 0 Å². The molecule has 0 atom stereocenters. The molecule has 0 fully saturated rings. The van der Waals surface area contributed by atoms with Gasteiger partial charge in [-0.15, -0.1) is 0 Å². The molecule has 1 N–H and O–H groups in total. The van der Waals surface area contributed by atoms with E-state index in [2.05, 4.69) is 21.0 Å². The summed E-state index contributed by atoms with van der Waals surface area (Å²) in [5.74, 6) is -1.03. The SMILES string of the molecule is Cc1ccc(-c2c(Br)c(C(=O)O)nn2C(C)C)cc1. The molecule has 0 radical (unpaired) electrons. The maximum atomic E-state index is 11.2. The molecular formula is C14H15BrN2O2. The minimum Gasteiger partial charge on any atom is -0.476 e. The summed E-state index contributed by atoms with van der Waals surface area (Å²) in [4.78, 5) is 11.2. The molecular weight excluding hydrogens is 308 g/mol. The molecule has 0 saturated carbocycles. The van der Waals surface area contributed by atoms with Crippen molar-refractivity contribution < 1.29 is 9.90 Å². The smallest absolute Gasteiger partial charge is 0.357 e. The standard InChI is InChI=1S/C14H15BrN2O2/c1-8(2)17-13(10-6-4-9(3)5-7-10)11(15)12(16-17)14(18)19/h4-8H,1-3H3,(H,18,19). The molecule has 0 amide bonds. The van der Waals surface area contributed by atoms with Crippen molar-refractivity contribution in [1.82, 2.24) is 9.78 Å². The first kappa shape index (κ1) is 13.8. The lowest BCUT2D eigenvalue weighted by Gasteiger charge is -2.11. The number of carboxylic acid groups (broad SMARTS) is 1. The van der Waals surface area contributed by atoms with Crippen LogP contribution in [0.2, 0.25) is 0 Å². The monoisotopic (exact) mass is 322 g/mol. The topological polar surface area (TPSA) is 55.1 Å². The van der Waals surface area contributed by atoms with Crippen LogP contribution in [0.25, 0.3) is 11.3 Å². The fraction of sp³-hybridized carbons (Fsp3) is 0.286. The molecule has 0 spiro atoms. The van der Waals surface area contributed by atoms with Gasteiger partial charge < -0.3 is 5.11 Å². The Bertz CT molecular complexity index is 615. The van der Waals surface area contributed by atoms with Gasteiger partial charge in [-0.25, -0.2) is 4.79 Å². The van der Waals surface area contributed by atoms with Crippen molar-refractivity contribution in [1.29, 1.82) is 0 Å². The van der Waals surface area contributed by atoms with Crippen molar-refractivity contribution in [3.63, 3.8) is 0 Å². The molecule has 0 bridgehead atoms. The number of aromatic nitrogens is 2. The van der Waals surface area contributed by atoms with Crippen molar-refractivity contribution in [2.45, 2.75) is 26.8 Å². The van der Waals surface area contributed by atoms with Crippen molar-refractivity contribution in [3.8, 4) is 11.3 Å². The predicted octanol–water partition coefficient (Wildman–Crippen LogP) is 3.90. The van der Waals surface area contributed by atoms with Gasteiger partial charge in [-0.2, -0.15) is 5.10 Å². The third-order valence-electron chi connectivity index (χ3n) is 2.87. The second-order valence-electron chi connectivity index (χ2n) is 4.72. The number of aryl methyl sites for hydroxylation is 1. The third-order valence-corrected chi connectivity index (χ3v) is 3.62. The van der Waals surface area contributed by atoms with E-state index in [1.807, 2.05) is 45.0 Å². The molecule has 2 aromatic rings. The van der Waals surface area contributed by atoms with Crippen LogP contribution in [0, 0.1) is 6.92 Å². The van der Waals surface area contributed by atoms with Crippen molar-refractivity contribution >= 4 is 21.9 Å². The minimum absolute atomic E-state index is 0.0456. The highest BCUT2D eigenvalue weighted by Crippen LogP contribution is 2.33. The number of nitrogens with zero attached hydrogens (tertiary/aromatic N) is 2. The second-order valence-corrected chi connectivity index (χ2v) is 5.51. The first-order valence-corrected chi connectivity index (χ1v) is 6.79. The summed E-state index contributed by atoms with van der Waals surface area (Å²) in [5.41, 5.74) is 2.96. The highest BCUT2D eigenvalue weighted by atomic mass is 79.9. The summed E-state index contributed by atoms with van der Waals surface area (Å²) in [6, 6.07) is 8.03. The molecule has 0 aliphatic carbocycles. The molecule has 5 heteroatoms. The lowest BCUT2D eigenvalue weighted by atomic mass is 10.1. The highest BCUT2D eigenvalue weighted by molar-refractivity contribution is 9.10. The second kappa shape index (κ2) is 5.17. The normalized spacial score (nSPS) is 11.0. The van der Waals surface area contributed by atoms with Crippen LogP contribution in [0.1, 0.15) is 35.9 Å². The summed E-state index contributed by atoms with van der Waals surface area (Å²) in [7, 11) is 0. The molecule has 0 unspecified atom stereocenters.